The van der Waals surface area contributed by atoms with Crippen LogP contribution in [-0.4, -0.2) is 81.6 Å². The number of pyridine rings is 1. The summed E-state index contributed by atoms with van der Waals surface area (Å²) in [6, 6.07) is 7.74. The Morgan fingerprint density at radius 1 is 1.27 bits per heavy atom. The van der Waals surface area contributed by atoms with E-state index in [-0.39, 0.29) is 41.3 Å². The number of rotatable bonds is 9. The minimum atomic E-state index is -0.542. The second-order valence-electron chi connectivity index (χ2n) is 9.31. The van der Waals surface area contributed by atoms with Crippen molar-refractivity contribution in [3.8, 4) is 0 Å². The third-order valence-electron chi connectivity index (χ3n) is 7.00. The zero-order valence-electron chi connectivity index (χ0n) is 21.5. The fourth-order valence-electron chi connectivity index (χ4n) is 4.90. The highest BCUT2D eigenvalue weighted by Crippen LogP contribution is 2.32. The Morgan fingerprint density at radius 2 is 2.00 bits per heavy atom. The van der Waals surface area contributed by atoms with Gasteiger partial charge in [-0.1, -0.05) is 6.58 Å². The largest absolute Gasteiger partial charge is 0.378 e. The van der Waals surface area contributed by atoms with Crippen LogP contribution in [0.4, 0.5) is 27.4 Å². The molecule has 0 radical (unpaired) electrons. The molecule has 9 nitrogen and oxygen atoms in total. The number of hydrogen-bond acceptors (Lipinski definition) is 8. The monoisotopic (exact) mass is 510 g/mol. The van der Waals surface area contributed by atoms with Gasteiger partial charge in [0.1, 0.15) is 5.82 Å². The Hall–Kier alpha value is -3.50. The molecule has 198 valence electrons. The van der Waals surface area contributed by atoms with E-state index < -0.39 is 5.82 Å². The lowest BCUT2D eigenvalue weighted by Crippen LogP contribution is -2.48. The van der Waals surface area contributed by atoms with Crippen LogP contribution < -0.4 is 20.4 Å². The average Bonchev–Trinajstić information content (AvgIpc) is 2.95. The number of anilines is 4. The first kappa shape index (κ1) is 26.6. The van der Waals surface area contributed by atoms with E-state index in [4.69, 9.17) is 4.74 Å². The molecule has 0 bridgehead atoms. The van der Waals surface area contributed by atoms with Crippen LogP contribution in [0, 0.1) is 5.82 Å². The van der Waals surface area contributed by atoms with Gasteiger partial charge in [0.05, 0.1) is 18.8 Å². The van der Waals surface area contributed by atoms with E-state index in [9.17, 15) is 9.59 Å². The Bertz CT molecular complexity index is 1120. The van der Waals surface area contributed by atoms with Gasteiger partial charge in [-0.3, -0.25) is 9.59 Å². The minimum Gasteiger partial charge on any atom is -0.378 e. The third kappa shape index (κ3) is 5.91. The Labute approximate surface area is 217 Å². The highest BCUT2D eigenvalue weighted by atomic mass is 19.1. The molecule has 4 rings (SSSR count). The van der Waals surface area contributed by atoms with Crippen molar-refractivity contribution in [1.82, 2.24) is 15.2 Å². The first-order valence-corrected chi connectivity index (χ1v) is 12.6. The molecule has 2 aromatic rings. The zero-order chi connectivity index (χ0) is 26.4. The van der Waals surface area contributed by atoms with E-state index in [0.717, 1.165) is 37.3 Å². The standard InChI is InChI=1S/C27H35FN6O3/c1-4-24(36)34-11-5-6-21(17-34)32(3)27-25(28)22(16-29-2)23(18-35)26(31-27)30-19-7-9-20(10-8-19)33-12-14-37-15-13-33/h4,7-10,18,21,29H,1,5-6,11-17H2,2-3H3,(H,30,31). The number of carbonyl (C=O) groups is 2. The fraction of sp³-hybridized carbons (Fsp3) is 0.444. The van der Waals surface area contributed by atoms with Crippen molar-refractivity contribution in [2.75, 3.05) is 68.6 Å². The number of likely N-dealkylation sites (tertiary alicyclic amines) is 1. The number of ether oxygens (including phenoxy) is 1. The van der Waals surface area contributed by atoms with Crippen molar-refractivity contribution < 1.29 is 18.7 Å². The number of aldehydes is 1. The number of morpholine rings is 1. The first-order chi connectivity index (χ1) is 18.0. The number of carbonyl (C=O) groups excluding carboxylic acids is 2. The molecule has 0 spiro atoms. The van der Waals surface area contributed by atoms with E-state index >= 15 is 4.39 Å². The quantitative estimate of drug-likeness (QED) is 0.393. The van der Waals surface area contributed by atoms with Gasteiger partial charge >= 0.3 is 0 Å². The number of aromatic nitrogens is 1. The molecule has 10 heteroatoms. The van der Waals surface area contributed by atoms with Gasteiger partial charge in [-0.25, -0.2) is 9.37 Å². The van der Waals surface area contributed by atoms with E-state index in [0.29, 0.717) is 32.6 Å². The molecule has 2 saturated heterocycles. The maximum absolute atomic E-state index is 15.8. The normalized spacial score (nSPS) is 17.9. The van der Waals surface area contributed by atoms with Gasteiger partial charge in [-0.05, 0) is 50.2 Å². The SMILES string of the molecule is C=CC(=O)N1CCCC(N(C)c2nc(Nc3ccc(N4CCOCC4)cc3)c(C=O)c(CNC)c2F)C1. The maximum atomic E-state index is 15.8. The van der Waals surface area contributed by atoms with Crippen molar-refractivity contribution in [2.24, 2.45) is 0 Å². The highest BCUT2D eigenvalue weighted by Gasteiger charge is 2.29. The number of likely N-dealkylation sites (N-methyl/N-ethyl adjacent to an activating group) is 1. The average molecular weight is 511 g/mol. The van der Waals surface area contributed by atoms with Crippen molar-refractivity contribution in [2.45, 2.75) is 25.4 Å². The predicted octanol–water partition coefficient (Wildman–Crippen LogP) is 2.95. The first-order valence-electron chi connectivity index (χ1n) is 12.6. The van der Waals surface area contributed by atoms with Crippen molar-refractivity contribution in [3.63, 3.8) is 0 Å². The van der Waals surface area contributed by atoms with Crippen molar-refractivity contribution in [3.05, 3.63) is 53.9 Å². The predicted molar refractivity (Wildman–Crippen MR) is 143 cm³/mol. The lowest BCUT2D eigenvalue weighted by Gasteiger charge is -2.38. The lowest BCUT2D eigenvalue weighted by atomic mass is 10.0. The fourth-order valence-corrected chi connectivity index (χ4v) is 4.90. The summed E-state index contributed by atoms with van der Waals surface area (Å²) in [4.78, 5) is 34.6. The molecule has 2 fully saturated rings. The van der Waals surface area contributed by atoms with E-state index in [1.54, 1.807) is 23.9 Å². The van der Waals surface area contributed by atoms with Crippen LogP contribution in [-0.2, 0) is 16.1 Å². The smallest absolute Gasteiger partial charge is 0.246 e. The summed E-state index contributed by atoms with van der Waals surface area (Å²) in [6.07, 6.45) is 3.53. The molecule has 1 amide bonds. The number of benzene rings is 1. The summed E-state index contributed by atoms with van der Waals surface area (Å²) >= 11 is 0. The van der Waals surface area contributed by atoms with E-state index in [1.807, 2.05) is 24.3 Å². The van der Waals surface area contributed by atoms with Crippen LogP contribution >= 0.6 is 0 Å². The van der Waals surface area contributed by atoms with Gasteiger partial charge < -0.3 is 30.1 Å². The van der Waals surface area contributed by atoms with Crippen LogP contribution in [0.3, 0.4) is 0 Å². The summed E-state index contributed by atoms with van der Waals surface area (Å²) in [7, 11) is 3.48. The molecule has 2 aliphatic rings. The van der Waals surface area contributed by atoms with Gasteiger partial charge in [0.2, 0.25) is 5.91 Å². The molecule has 2 aliphatic heterocycles. The molecule has 3 heterocycles. The van der Waals surface area contributed by atoms with E-state index in [2.05, 4.69) is 27.1 Å². The highest BCUT2D eigenvalue weighted by molar-refractivity contribution is 5.88. The molecular weight excluding hydrogens is 475 g/mol. The van der Waals surface area contributed by atoms with Crippen LogP contribution in [0.2, 0.25) is 0 Å². The summed E-state index contributed by atoms with van der Waals surface area (Å²) in [5.74, 6) is -0.250. The zero-order valence-corrected chi connectivity index (χ0v) is 21.5. The van der Waals surface area contributed by atoms with E-state index in [1.165, 1.54) is 6.08 Å². The summed E-state index contributed by atoms with van der Waals surface area (Å²) in [5.41, 5.74) is 2.25. The topological polar surface area (TPSA) is 90.0 Å². The Kier molecular flexibility index (Phi) is 8.73. The number of piperidine rings is 1. The van der Waals surface area contributed by atoms with Gasteiger partial charge in [-0.15, -0.1) is 0 Å². The lowest BCUT2D eigenvalue weighted by molar-refractivity contribution is -0.127. The van der Waals surface area contributed by atoms with Crippen LogP contribution in [0.15, 0.2) is 36.9 Å². The Balaban J connectivity index is 1.64. The van der Waals surface area contributed by atoms with Crippen molar-refractivity contribution >= 4 is 35.2 Å². The number of nitrogens with one attached hydrogen (secondary N) is 2. The number of nitrogens with zero attached hydrogens (tertiary/aromatic N) is 4. The van der Waals surface area contributed by atoms with Gasteiger partial charge in [0, 0.05) is 62.8 Å². The minimum absolute atomic E-state index is 0.121. The summed E-state index contributed by atoms with van der Waals surface area (Å²) < 4.78 is 21.2. The molecule has 0 aliphatic carbocycles. The van der Waals surface area contributed by atoms with Gasteiger partial charge in [0.15, 0.2) is 17.9 Å². The second kappa shape index (κ2) is 12.2. The molecule has 1 atom stereocenters. The molecule has 1 aromatic carbocycles. The molecule has 1 unspecified atom stereocenters. The van der Waals surface area contributed by atoms with Crippen LogP contribution in [0.1, 0.15) is 28.8 Å². The number of halogens is 1. The van der Waals surface area contributed by atoms with Gasteiger partial charge in [-0.2, -0.15) is 0 Å². The van der Waals surface area contributed by atoms with Crippen molar-refractivity contribution in [1.29, 1.82) is 0 Å². The molecule has 0 saturated carbocycles. The Morgan fingerprint density at radius 3 is 2.65 bits per heavy atom. The molecule has 37 heavy (non-hydrogen) atoms. The van der Waals surface area contributed by atoms with Gasteiger partial charge in [0.25, 0.3) is 0 Å². The molecule has 2 N–H and O–H groups in total. The van der Waals surface area contributed by atoms with Crippen LogP contribution in [0.25, 0.3) is 0 Å². The summed E-state index contributed by atoms with van der Waals surface area (Å²) in [6.45, 7) is 7.91. The summed E-state index contributed by atoms with van der Waals surface area (Å²) in [5, 5.41) is 6.19. The second-order valence-corrected chi connectivity index (χ2v) is 9.31. The molecular formula is C27H35FN6O3. The third-order valence-corrected chi connectivity index (χ3v) is 7.00. The van der Waals surface area contributed by atoms with Crippen LogP contribution in [0.5, 0.6) is 0 Å². The number of amides is 1. The molecule has 1 aromatic heterocycles. The number of hydrogen-bond donors (Lipinski definition) is 2. The maximum Gasteiger partial charge on any atom is 0.246 e.